The lowest BCUT2D eigenvalue weighted by molar-refractivity contribution is -0.0587. The molecule has 0 aliphatic carbocycles. The lowest BCUT2D eigenvalue weighted by Crippen LogP contribution is -2.32. The zero-order valence-electron chi connectivity index (χ0n) is 12.0. The van der Waals surface area contributed by atoms with Crippen molar-refractivity contribution >= 4 is 29.1 Å². The van der Waals surface area contributed by atoms with Crippen molar-refractivity contribution in [1.29, 1.82) is 0 Å². The molecule has 0 fully saturated rings. The van der Waals surface area contributed by atoms with Crippen LogP contribution in [0.25, 0.3) is 10.6 Å². The van der Waals surface area contributed by atoms with Gasteiger partial charge >= 0.3 is 5.97 Å². The number of carbonyl (C=O) groups excluding carboxylic acids is 3. The third-order valence-electron chi connectivity index (χ3n) is 3.41. The molecule has 0 unspecified atom stereocenters. The van der Waals surface area contributed by atoms with E-state index in [0.717, 1.165) is 5.56 Å². The number of aromatic nitrogens is 1. The van der Waals surface area contributed by atoms with Crippen molar-refractivity contribution in [3.8, 4) is 10.6 Å². The van der Waals surface area contributed by atoms with Gasteiger partial charge in [-0.05, 0) is 18.2 Å². The topological polar surface area (TPSA) is 89.7 Å². The average molecular weight is 340 g/mol. The van der Waals surface area contributed by atoms with Crippen LogP contribution in [0.4, 0.5) is 0 Å². The van der Waals surface area contributed by atoms with Gasteiger partial charge in [0.05, 0.1) is 17.4 Å². The fourth-order valence-electron chi connectivity index (χ4n) is 2.27. The quantitative estimate of drug-likeness (QED) is 0.681. The molecule has 2 amide bonds. The molecule has 7 nitrogen and oxygen atoms in total. The lowest BCUT2D eigenvalue weighted by Gasteiger charge is -2.11. The van der Waals surface area contributed by atoms with Crippen molar-refractivity contribution in [2.24, 2.45) is 0 Å². The Kier molecular flexibility index (Phi) is 3.24. The molecule has 118 valence electrons. The Morgan fingerprint density at radius 1 is 1.12 bits per heavy atom. The van der Waals surface area contributed by atoms with E-state index in [4.69, 9.17) is 9.25 Å². The monoisotopic (exact) mass is 340 g/mol. The normalized spacial score (nSPS) is 13.2. The van der Waals surface area contributed by atoms with Crippen molar-refractivity contribution in [1.82, 2.24) is 10.0 Å². The van der Waals surface area contributed by atoms with Crippen molar-refractivity contribution in [3.63, 3.8) is 0 Å². The molecule has 24 heavy (non-hydrogen) atoms. The third kappa shape index (κ3) is 2.20. The lowest BCUT2D eigenvalue weighted by atomic mass is 10.1. The number of thiazole rings is 1. The Morgan fingerprint density at radius 2 is 1.83 bits per heavy atom. The molecule has 3 heterocycles. The number of hydrogen-bond donors (Lipinski definition) is 0. The van der Waals surface area contributed by atoms with Gasteiger partial charge in [0, 0.05) is 10.9 Å². The summed E-state index contributed by atoms with van der Waals surface area (Å²) >= 11 is 1.22. The summed E-state index contributed by atoms with van der Waals surface area (Å²) in [4.78, 5) is 45.6. The number of hydrogen-bond acceptors (Lipinski definition) is 7. The van der Waals surface area contributed by atoms with Gasteiger partial charge in [-0.1, -0.05) is 17.2 Å². The van der Waals surface area contributed by atoms with Gasteiger partial charge in [-0.3, -0.25) is 9.59 Å². The van der Waals surface area contributed by atoms with Crippen LogP contribution in [-0.2, 0) is 4.84 Å². The molecule has 8 heteroatoms. The second-order valence-corrected chi connectivity index (χ2v) is 5.74. The fraction of sp³-hybridized carbons (Fsp3) is 0. The standard InChI is InChI=1S/C16H8N2O5S/c19-14-10-3-1-2-4-11(10)15(20)18(14)23-16(21)12-8-24-13(17-12)9-5-6-22-7-9/h1-8H. The number of hydroxylamine groups is 2. The fourth-order valence-corrected chi connectivity index (χ4v) is 3.04. The first-order chi connectivity index (χ1) is 11.6. The van der Waals surface area contributed by atoms with Crippen LogP contribution >= 0.6 is 11.3 Å². The van der Waals surface area contributed by atoms with E-state index in [-0.39, 0.29) is 16.8 Å². The molecule has 0 saturated heterocycles. The highest BCUT2D eigenvalue weighted by molar-refractivity contribution is 7.13. The largest absolute Gasteiger partial charge is 0.472 e. The first-order valence-corrected chi connectivity index (χ1v) is 7.71. The predicted molar refractivity (Wildman–Crippen MR) is 82.2 cm³/mol. The first-order valence-electron chi connectivity index (χ1n) is 6.83. The van der Waals surface area contributed by atoms with E-state index in [0.29, 0.717) is 10.1 Å². The molecule has 2 aromatic heterocycles. The van der Waals surface area contributed by atoms with Gasteiger partial charge in [-0.2, -0.15) is 0 Å². The number of nitrogens with zero attached hydrogens (tertiary/aromatic N) is 2. The van der Waals surface area contributed by atoms with Gasteiger partial charge in [0.25, 0.3) is 11.8 Å². The average Bonchev–Trinajstić information content (AvgIpc) is 3.32. The summed E-state index contributed by atoms with van der Waals surface area (Å²) in [6.45, 7) is 0. The van der Waals surface area contributed by atoms with Crippen LogP contribution in [0.5, 0.6) is 0 Å². The zero-order valence-corrected chi connectivity index (χ0v) is 12.8. The van der Waals surface area contributed by atoms with Crippen LogP contribution in [0.2, 0.25) is 0 Å². The van der Waals surface area contributed by atoms with Crippen LogP contribution < -0.4 is 0 Å². The number of rotatable bonds is 3. The molecular weight excluding hydrogens is 332 g/mol. The second kappa shape index (κ2) is 5.43. The second-order valence-electron chi connectivity index (χ2n) is 4.88. The Labute approximate surface area is 139 Å². The Morgan fingerprint density at radius 3 is 2.46 bits per heavy atom. The minimum atomic E-state index is -0.879. The van der Waals surface area contributed by atoms with Crippen LogP contribution in [0.15, 0.2) is 52.7 Å². The number of benzene rings is 1. The van der Waals surface area contributed by atoms with Gasteiger partial charge in [-0.15, -0.1) is 11.3 Å². The smallest absolute Gasteiger partial charge is 0.383 e. The van der Waals surface area contributed by atoms with Gasteiger partial charge < -0.3 is 9.25 Å². The maximum Gasteiger partial charge on any atom is 0.383 e. The van der Waals surface area contributed by atoms with Crippen molar-refractivity contribution < 1.29 is 23.6 Å². The molecule has 1 aliphatic rings. The van der Waals surface area contributed by atoms with Gasteiger partial charge in [0.1, 0.15) is 11.3 Å². The molecular formula is C16H8N2O5S. The van der Waals surface area contributed by atoms with E-state index >= 15 is 0 Å². The SMILES string of the molecule is O=C(ON1C(=O)c2ccccc2C1=O)c1csc(-c2ccoc2)n1. The van der Waals surface area contributed by atoms with Gasteiger partial charge in [0.2, 0.25) is 0 Å². The molecule has 1 aliphatic heterocycles. The predicted octanol–water partition coefficient (Wildman–Crippen LogP) is 2.77. The Balaban J connectivity index is 1.55. The third-order valence-corrected chi connectivity index (χ3v) is 4.30. The minimum Gasteiger partial charge on any atom is -0.472 e. The molecule has 0 bridgehead atoms. The van der Waals surface area contributed by atoms with Crippen molar-refractivity contribution in [2.75, 3.05) is 0 Å². The molecule has 0 saturated carbocycles. The molecule has 4 rings (SSSR count). The van der Waals surface area contributed by atoms with Crippen molar-refractivity contribution in [3.05, 3.63) is 65.1 Å². The van der Waals surface area contributed by atoms with Crippen molar-refractivity contribution in [2.45, 2.75) is 0 Å². The van der Waals surface area contributed by atoms with E-state index in [1.54, 1.807) is 18.2 Å². The van der Waals surface area contributed by atoms with Crippen LogP contribution in [-0.4, -0.2) is 27.8 Å². The van der Waals surface area contributed by atoms with E-state index in [1.807, 2.05) is 0 Å². The molecule has 0 atom stereocenters. The zero-order chi connectivity index (χ0) is 16.7. The van der Waals surface area contributed by atoms with E-state index in [1.165, 1.54) is 41.4 Å². The Hall–Kier alpha value is -3.26. The summed E-state index contributed by atoms with van der Waals surface area (Å²) in [7, 11) is 0. The maximum atomic E-state index is 12.2. The van der Waals surface area contributed by atoms with E-state index < -0.39 is 17.8 Å². The van der Waals surface area contributed by atoms with E-state index in [2.05, 4.69) is 4.98 Å². The summed E-state index contributed by atoms with van der Waals surface area (Å²) in [6, 6.07) is 7.98. The maximum absolute atomic E-state index is 12.2. The molecule has 0 radical (unpaired) electrons. The minimum absolute atomic E-state index is 0.00718. The number of fused-ring (bicyclic) bond motifs is 1. The molecule has 0 N–H and O–H groups in total. The van der Waals surface area contributed by atoms with Crippen LogP contribution in [0.3, 0.4) is 0 Å². The Bertz CT molecular complexity index is 926. The van der Waals surface area contributed by atoms with Gasteiger partial charge in [-0.25, -0.2) is 9.78 Å². The van der Waals surface area contributed by atoms with Crippen LogP contribution in [0, 0.1) is 0 Å². The number of furan rings is 1. The summed E-state index contributed by atoms with van der Waals surface area (Å²) < 4.78 is 4.96. The first kappa shape index (κ1) is 14.3. The molecule has 3 aromatic rings. The highest BCUT2D eigenvalue weighted by Gasteiger charge is 2.39. The molecule has 1 aromatic carbocycles. The highest BCUT2D eigenvalue weighted by atomic mass is 32.1. The number of amides is 2. The summed E-state index contributed by atoms with van der Waals surface area (Å²) in [5.74, 6) is -2.22. The number of imide groups is 1. The summed E-state index contributed by atoms with van der Waals surface area (Å²) in [6.07, 6.45) is 2.99. The number of carbonyl (C=O) groups is 3. The van der Waals surface area contributed by atoms with Crippen LogP contribution in [0.1, 0.15) is 31.2 Å². The highest BCUT2D eigenvalue weighted by Crippen LogP contribution is 2.26. The van der Waals surface area contributed by atoms with E-state index in [9.17, 15) is 14.4 Å². The summed E-state index contributed by atoms with van der Waals surface area (Å²) in [5.41, 5.74) is 1.13. The molecule has 0 spiro atoms. The van der Waals surface area contributed by atoms with Gasteiger partial charge in [0.15, 0.2) is 5.69 Å². The summed E-state index contributed by atoms with van der Waals surface area (Å²) in [5, 5.41) is 2.52.